The van der Waals surface area contributed by atoms with Crippen LogP contribution in [0.25, 0.3) is 0 Å². The molecule has 0 bridgehead atoms. The van der Waals surface area contributed by atoms with Crippen LogP contribution in [0, 0.1) is 0 Å². The second-order valence-electron chi connectivity index (χ2n) is 4.07. The van der Waals surface area contributed by atoms with E-state index in [1.54, 1.807) is 0 Å². The normalized spacial score (nSPS) is 16.3. The molecule has 1 aliphatic rings. The quantitative estimate of drug-likeness (QED) is 0.314. The number of allylic oxidation sites excluding steroid dienone is 1. The zero-order valence-electron chi connectivity index (χ0n) is 10.00. The lowest BCUT2D eigenvalue weighted by Crippen LogP contribution is -2.40. The molecule has 15 heavy (non-hydrogen) atoms. The Balaban J connectivity index is 2.32. The molecule has 0 aromatic heterocycles. The van der Waals surface area contributed by atoms with Gasteiger partial charge in [0.2, 0.25) is 0 Å². The Hall–Kier alpha value is -0.990. The van der Waals surface area contributed by atoms with E-state index in [2.05, 4.69) is 35.8 Å². The summed E-state index contributed by atoms with van der Waals surface area (Å²) in [6.07, 6.45) is 6.79. The number of nitrogens with one attached hydrogen (secondary N) is 1. The summed E-state index contributed by atoms with van der Waals surface area (Å²) in [7, 11) is 2.10. The van der Waals surface area contributed by atoms with Gasteiger partial charge in [-0.1, -0.05) is 6.08 Å². The molecule has 0 amide bonds. The largest absolute Gasteiger partial charge is 0.354 e. The van der Waals surface area contributed by atoms with Gasteiger partial charge in [-0.15, -0.1) is 6.58 Å². The molecule has 0 unspecified atom stereocenters. The lowest BCUT2D eigenvalue weighted by atomic mass is 10.3. The number of unbranched alkanes of at least 4 members (excludes halogenated alkanes) is 1. The van der Waals surface area contributed by atoms with Crippen molar-refractivity contribution in [2.45, 2.75) is 38.6 Å². The fourth-order valence-electron chi connectivity index (χ4n) is 1.42. The van der Waals surface area contributed by atoms with Crippen LogP contribution < -0.4 is 5.32 Å². The molecule has 0 atom stereocenters. The van der Waals surface area contributed by atoms with Crippen molar-refractivity contribution in [2.24, 2.45) is 4.99 Å². The van der Waals surface area contributed by atoms with E-state index in [4.69, 9.17) is 0 Å². The number of nitrogens with zero attached hydrogens (tertiary/aromatic N) is 2. The molecular weight excluding hydrogens is 186 g/mol. The molecule has 1 N–H and O–H groups in total. The van der Waals surface area contributed by atoms with Crippen LogP contribution in [0.4, 0.5) is 0 Å². The number of rotatable bonds is 6. The predicted molar refractivity (Wildman–Crippen MR) is 66.2 cm³/mol. The summed E-state index contributed by atoms with van der Waals surface area (Å²) in [6.45, 7) is 7.70. The monoisotopic (exact) mass is 209 g/mol. The fourth-order valence-corrected chi connectivity index (χ4v) is 1.42. The minimum Gasteiger partial charge on any atom is -0.354 e. The van der Waals surface area contributed by atoms with Crippen molar-refractivity contribution in [2.75, 3.05) is 20.1 Å². The second kappa shape index (κ2) is 6.49. The van der Waals surface area contributed by atoms with E-state index >= 15 is 0 Å². The van der Waals surface area contributed by atoms with Crippen LogP contribution in [0.1, 0.15) is 32.6 Å². The van der Waals surface area contributed by atoms with Crippen LogP contribution in [-0.4, -0.2) is 37.0 Å². The van der Waals surface area contributed by atoms with E-state index in [9.17, 15) is 0 Å². The van der Waals surface area contributed by atoms with Crippen molar-refractivity contribution in [1.82, 2.24) is 10.2 Å². The molecule has 0 aromatic rings. The van der Waals surface area contributed by atoms with E-state index in [0.717, 1.165) is 31.9 Å². The summed E-state index contributed by atoms with van der Waals surface area (Å²) in [6, 6.07) is 0.678. The molecule has 1 fully saturated rings. The van der Waals surface area contributed by atoms with Crippen LogP contribution in [0.2, 0.25) is 0 Å². The molecule has 0 aromatic carbocycles. The molecule has 1 rings (SSSR count). The number of aliphatic imine (C=N–C) groups is 1. The lowest BCUT2D eigenvalue weighted by Gasteiger charge is -2.22. The Morgan fingerprint density at radius 3 is 2.87 bits per heavy atom. The zero-order chi connectivity index (χ0) is 11.1. The van der Waals surface area contributed by atoms with Crippen molar-refractivity contribution in [3.63, 3.8) is 0 Å². The summed E-state index contributed by atoms with van der Waals surface area (Å²) < 4.78 is 0. The first-order chi connectivity index (χ1) is 7.27. The van der Waals surface area contributed by atoms with E-state index in [1.807, 2.05) is 6.08 Å². The van der Waals surface area contributed by atoms with Gasteiger partial charge in [0.1, 0.15) is 0 Å². The Morgan fingerprint density at radius 2 is 2.33 bits per heavy atom. The minimum absolute atomic E-state index is 0.678. The number of hydrogen-bond acceptors (Lipinski definition) is 1. The highest BCUT2D eigenvalue weighted by molar-refractivity contribution is 5.80. The molecule has 0 radical (unpaired) electrons. The fraction of sp³-hybridized carbons (Fsp3) is 0.750. The molecular formula is C12H23N3. The molecule has 1 aliphatic carbocycles. The summed E-state index contributed by atoms with van der Waals surface area (Å²) in [5, 5.41) is 3.47. The summed E-state index contributed by atoms with van der Waals surface area (Å²) in [5.74, 6) is 1.06. The van der Waals surface area contributed by atoms with Crippen molar-refractivity contribution in [1.29, 1.82) is 0 Å². The first kappa shape index (κ1) is 12.1. The van der Waals surface area contributed by atoms with Gasteiger partial charge in [0.15, 0.2) is 5.96 Å². The summed E-state index contributed by atoms with van der Waals surface area (Å²) in [4.78, 5) is 6.70. The first-order valence-corrected chi connectivity index (χ1v) is 5.91. The van der Waals surface area contributed by atoms with Gasteiger partial charge in [-0.25, -0.2) is 0 Å². The topological polar surface area (TPSA) is 27.6 Å². The van der Waals surface area contributed by atoms with Gasteiger partial charge >= 0.3 is 0 Å². The van der Waals surface area contributed by atoms with E-state index in [1.165, 1.54) is 12.8 Å². The van der Waals surface area contributed by atoms with Crippen LogP contribution in [0.3, 0.4) is 0 Å². The van der Waals surface area contributed by atoms with Crippen LogP contribution in [0.5, 0.6) is 0 Å². The second-order valence-corrected chi connectivity index (χ2v) is 4.07. The van der Waals surface area contributed by atoms with Crippen molar-refractivity contribution in [3.05, 3.63) is 12.7 Å². The SMILES string of the molecule is C=CCCCN(C)C(=NCC)NC1CC1. The number of hydrogen-bond donors (Lipinski definition) is 1. The molecule has 0 heterocycles. The Labute approximate surface area is 93.3 Å². The average molecular weight is 209 g/mol. The lowest BCUT2D eigenvalue weighted by molar-refractivity contribution is 0.468. The zero-order valence-corrected chi connectivity index (χ0v) is 10.00. The maximum atomic E-state index is 4.49. The van der Waals surface area contributed by atoms with Gasteiger partial charge in [0.05, 0.1) is 0 Å². The Bertz CT molecular complexity index is 219. The first-order valence-electron chi connectivity index (χ1n) is 5.91. The number of guanidine groups is 1. The van der Waals surface area contributed by atoms with Crippen molar-refractivity contribution >= 4 is 5.96 Å². The third-order valence-electron chi connectivity index (χ3n) is 2.48. The predicted octanol–water partition coefficient (Wildman–Crippen LogP) is 2.01. The minimum atomic E-state index is 0.678. The highest BCUT2D eigenvalue weighted by Crippen LogP contribution is 2.18. The van der Waals surface area contributed by atoms with Gasteiger partial charge in [0.25, 0.3) is 0 Å². The molecule has 3 nitrogen and oxygen atoms in total. The van der Waals surface area contributed by atoms with Gasteiger partial charge in [-0.2, -0.15) is 0 Å². The molecule has 0 saturated heterocycles. The maximum Gasteiger partial charge on any atom is 0.193 e. The summed E-state index contributed by atoms with van der Waals surface area (Å²) in [5.41, 5.74) is 0. The highest BCUT2D eigenvalue weighted by atomic mass is 15.3. The molecule has 1 saturated carbocycles. The van der Waals surface area contributed by atoms with Crippen LogP contribution >= 0.6 is 0 Å². The smallest absolute Gasteiger partial charge is 0.193 e. The van der Waals surface area contributed by atoms with E-state index in [-0.39, 0.29) is 0 Å². The Morgan fingerprint density at radius 1 is 1.60 bits per heavy atom. The van der Waals surface area contributed by atoms with Crippen LogP contribution in [0.15, 0.2) is 17.6 Å². The molecule has 0 aliphatic heterocycles. The standard InChI is InChI=1S/C12H23N3/c1-4-6-7-10-15(3)12(13-5-2)14-11-8-9-11/h4,11H,1,5-10H2,2-3H3,(H,13,14). The average Bonchev–Trinajstić information content (AvgIpc) is 3.01. The third kappa shape index (κ3) is 4.86. The highest BCUT2D eigenvalue weighted by Gasteiger charge is 2.23. The van der Waals surface area contributed by atoms with Gasteiger partial charge < -0.3 is 10.2 Å². The van der Waals surface area contributed by atoms with Crippen molar-refractivity contribution < 1.29 is 0 Å². The summed E-state index contributed by atoms with van der Waals surface area (Å²) >= 11 is 0. The van der Waals surface area contributed by atoms with Crippen molar-refractivity contribution in [3.8, 4) is 0 Å². The molecule has 3 heteroatoms. The van der Waals surface area contributed by atoms with Crippen LogP contribution in [-0.2, 0) is 0 Å². The van der Waals surface area contributed by atoms with E-state index < -0.39 is 0 Å². The molecule has 0 spiro atoms. The third-order valence-corrected chi connectivity index (χ3v) is 2.48. The Kier molecular flexibility index (Phi) is 5.22. The van der Waals surface area contributed by atoms with Gasteiger partial charge in [-0.05, 0) is 32.6 Å². The maximum absolute atomic E-state index is 4.49. The van der Waals surface area contributed by atoms with Gasteiger partial charge in [0, 0.05) is 26.2 Å². The van der Waals surface area contributed by atoms with Gasteiger partial charge in [-0.3, -0.25) is 4.99 Å². The van der Waals surface area contributed by atoms with E-state index in [0.29, 0.717) is 6.04 Å². The molecule has 86 valence electrons.